The van der Waals surface area contributed by atoms with E-state index in [0.717, 1.165) is 17.9 Å². The maximum absolute atomic E-state index is 10.9. The predicted octanol–water partition coefficient (Wildman–Crippen LogP) is 3.94. The number of thiophene rings is 1. The number of benzene rings is 1. The second-order valence-corrected chi connectivity index (χ2v) is 6.01. The molecule has 3 nitrogen and oxygen atoms in total. The van der Waals surface area contributed by atoms with Gasteiger partial charge in [0.05, 0.1) is 0 Å². The predicted molar refractivity (Wildman–Crippen MR) is 81.9 cm³/mol. The van der Waals surface area contributed by atoms with E-state index in [-0.39, 0.29) is 5.91 Å². The molecule has 0 radical (unpaired) electrons. The van der Waals surface area contributed by atoms with Gasteiger partial charge in [0.2, 0.25) is 5.91 Å². The summed E-state index contributed by atoms with van der Waals surface area (Å²) in [5, 5.41) is 6.14. The third kappa shape index (κ3) is 3.83. The number of nitrogens with one attached hydrogen (secondary N) is 2. The number of hydrogen-bond acceptors (Lipinski definition) is 3. The Morgan fingerprint density at radius 3 is 2.32 bits per heavy atom. The summed E-state index contributed by atoms with van der Waals surface area (Å²) in [5.41, 5.74) is 3.21. The maximum atomic E-state index is 10.9. The van der Waals surface area contributed by atoms with E-state index < -0.39 is 0 Å². The van der Waals surface area contributed by atoms with Crippen molar-refractivity contribution >= 4 is 28.6 Å². The molecule has 1 aromatic heterocycles. The van der Waals surface area contributed by atoms with Crippen molar-refractivity contribution in [2.75, 3.05) is 10.6 Å². The van der Waals surface area contributed by atoms with Crippen molar-refractivity contribution in [3.63, 3.8) is 0 Å². The summed E-state index contributed by atoms with van der Waals surface area (Å²) in [6.07, 6.45) is 0. The molecule has 0 unspecified atom stereocenters. The first kappa shape index (κ1) is 13.6. The molecular weight excluding hydrogens is 256 g/mol. The van der Waals surface area contributed by atoms with E-state index in [1.807, 2.05) is 35.6 Å². The van der Waals surface area contributed by atoms with Crippen LogP contribution in [0.2, 0.25) is 0 Å². The lowest BCUT2D eigenvalue weighted by Crippen LogP contribution is -2.05. The highest BCUT2D eigenvalue weighted by Gasteiger charge is 2.02. The molecule has 2 N–H and O–H groups in total. The zero-order valence-electron chi connectivity index (χ0n) is 11.4. The third-order valence-electron chi connectivity index (χ3n) is 2.83. The van der Waals surface area contributed by atoms with Crippen LogP contribution < -0.4 is 10.6 Å². The van der Waals surface area contributed by atoms with Crippen molar-refractivity contribution in [2.24, 2.45) is 0 Å². The monoisotopic (exact) mass is 274 g/mol. The molecular formula is C15H18N2OS. The van der Waals surface area contributed by atoms with Crippen molar-refractivity contribution < 1.29 is 4.79 Å². The van der Waals surface area contributed by atoms with Gasteiger partial charge in [-0.2, -0.15) is 0 Å². The van der Waals surface area contributed by atoms with E-state index in [1.165, 1.54) is 22.2 Å². The Labute approximate surface area is 117 Å². The molecule has 0 bridgehead atoms. The zero-order chi connectivity index (χ0) is 13.8. The molecule has 2 aromatic rings. The molecule has 1 heterocycles. The summed E-state index contributed by atoms with van der Waals surface area (Å²) in [5.74, 6) is -0.0508. The Balaban J connectivity index is 1.96. The van der Waals surface area contributed by atoms with Gasteiger partial charge in [0.1, 0.15) is 0 Å². The first-order valence-electron chi connectivity index (χ1n) is 6.22. The van der Waals surface area contributed by atoms with Gasteiger partial charge in [-0.3, -0.25) is 4.79 Å². The van der Waals surface area contributed by atoms with Crippen molar-refractivity contribution in [2.45, 2.75) is 27.3 Å². The van der Waals surface area contributed by atoms with Crippen molar-refractivity contribution in [3.8, 4) is 0 Å². The minimum absolute atomic E-state index is 0.0508. The quantitative estimate of drug-likeness (QED) is 0.886. The van der Waals surface area contributed by atoms with E-state index in [4.69, 9.17) is 0 Å². The van der Waals surface area contributed by atoms with Gasteiger partial charge >= 0.3 is 0 Å². The van der Waals surface area contributed by atoms with Gasteiger partial charge in [0, 0.05) is 34.6 Å². The highest BCUT2D eigenvalue weighted by Crippen LogP contribution is 2.22. The number of rotatable bonds is 4. The van der Waals surface area contributed by atoms with Crippen molar-refractivity contribution in [1.29, 1.82) is 0 Å². The average molecular weight is 274 g/mol. The average Bonchev–Trinajstić information content (AvgIpc) is 2.66. The van der Waals surface area contributed by atoms with Gasteiger partial charge < -0.3 is 10.6 Å². The number of amides is 1. The van der Waals surface area contributed by atoms with Crippen molar-refractivity contribution in [3.05, 3.63) is 45.6 Å². The molecule has 2 rings (SSSR count). The van der Waals surface area contributed by atoms with E-state index in [1.54, 1.807) is 0 Å². The molecule has 1 aromatic carbocycles. The Kier molecular flexibility index (Phi) is 4.22. The summed E-state index contributed by atoms with van der Waals surface area (Å²) in [6.45, 7) is 6.61. The minimum atomic E-state index is -0.0508. The third-order valence-corrected chi connectivity index (χ3v) is 3.84. The molecule has 0 atom stereocenters. The molecule has 0 spiro atoms. The number of anilines is 2. The Morgan fingerprint density at radius 1 is 1.16 bits per heavy atom. The topological polar surface area (TPSA) is 41.1 Å². The van der Waals surface area contributed by atoms with Crippen LogP contribution in [0.3, 0.4) is 0 Å². The molecule has 0 saturated heterocycles. The van der Waals surface area contributed by atoms with E-state index in [0.29, 0.717) is 0 Å². The normalized spacial score (nSPS) is 10.3. The van der Waals surface area contributed by atoms with Crippen LogP contribution in [0.1, 0.15) is 22.2 Å². The van der Waals surface area contributed by atoms with Crippen LogP contribution in [0.15, 0.2) is 30.3 Å². The van der Waals surface area contributed by atoms with Gasteiger partial charge in [0.25, 0.3) is 0 Å². The lowest BCUT2D eigenvalue weighted by molar-refractivity contribution is -0.114. The van der Waals surface area contributed by atoms with Crippen LogP contribution in [0.5, 0.6) is 0 Å². The molecule has 0 aliphatic heterocycles. The Morgan fingerprint density at radius 2 is 1.79 bits per heavy atom. The van der Waals surface area contributed by atoms with Gasteiger partial charge in [0.15, 0.2) is 0 Å². The lowest BCUT2D eigenvalue weighted by atomic mass is 10.2. The fraction of sp³-hybridized carbons (Fsp3) is 0.267. The van der Waals surface area contributed by atoms with Crippen LogP contribution >= 0.6 is 11.3 Å². The Bertz CT molecular complexity index is 572. The lowest BCUT2D eigenvalue weighted by Gasteiger charge is -2.07. The molecule has 19 heavy (non-hydrogen) atoms. The minimum Gasteiger partial charge on any atom is -0.381 e. The zero-order valence-corrected chi connectivity index (χ0v) is 12.2. The summed E-state index contributed by atoms with van der Waals surface area (Å²) >= 11 is 1.83. The standard InChI is InChI=1S/C15H18N2OS/c1-10-8-13(11(2)19-10)9-16-14-4-6-15(7-5-14)17-12(3)18/h4-8,16H,9H2,1-3H3,(H,17,18). The number of hydrogen-bond donors (Lipinski definition) is 2. The van der Waals surface area contributed by atoms with Gasteiger partial charge in [-0.25, -0.2) is 0 Å². The second-order valence-electron chi connectivity index (χ2n) is 4.55. The fourth-order valence-corrected chi connectivity index (χ4v) is 2.88. The van der Waals surface area contributed by atoms with Gasteiger partial charge in [-0.05, 0) is 49.7 Å². The second kappa shape index (κ2) is 5.89. The summed E-state index contributed by atoms with van der Waals surface area (Å²) < 4.78 is 0. The summed E-state index contributed by atoms with van der Waals surface area (Å²) in [4.78, 5) is 13.6. The van der Waals surface area contributed by atoms with E-state index in [2.05, 4.69) is 30.5 Å². The summed E-state index contributed by atoms with van der Waals surface area (Å²) in [6, 6.07) is 9.96. The summed E-state index contributed by atoms with van der Waals surface area (Å²) in [7, 11) is 0. The first-order chi connectivity index (χ1) is 9.04. The smallest absolute Gasteiger partial charge is 0.221 e. The van der Waals surface area contributed by atoms with Crippen LogP contribution in [0.4, 0.5) is 11.4 Å². The molecule has 4 heteroatoms. The highest BCUT2D eigenvalue weighted by molar-refractivity contribution is 7.12. The molecule has 100 valence electrons. The Hall–Kier alpha value is -1.81. The van der Waals surface area contributed by atoms with Gasteiger partial charge in [-0.15, -0.1) is 11.3 Å². The van der Waals surface area contributed by atoms with Crippen LogP contribution in [-0.4, -0.2) is 5.91 Å². The fourth-order valence-electron chi connectivity index (χ4n) is 1.93. The molecule has 0 fully saturated rings. The first-order valence-corrected chi connectivity index (χ1v) is 7.03. The molecule has 1 amide bonds. The number of carbonyl (C=O) groups excluding carboxylic acids is 1. The van der Waals surface area contributed by atoms with Gasteiger partial charge in [-0.1, -0.05) is 0 Å². The van der Waals surface area contributed by atoms with Crippen LogP contribution in [-0.2, 0) is 11.3 Å². The maximum Gasteiger partial charge on any atom is 0.221 e. The highest BCUT2D eigenvalue weighted by atomic mass is 32.1. The van der Waals surface area contributed by atoms with E-state index >= 15 is 0 Å². The molecule has 0 aliphatic carbocycles. The molecule has 0 saturated carbocycles. The number of carbonyl (C=O) groups is 1. The van der Waals surface area contributed by atoms with Crippen molar-refractivity contribution in [1.82, 2.24) is 0 Å². The molecule has 0 aliphatic rings. The largest absolute Gasteiger partial charge is 0.381 e. The number of aryl methyl sites for hydroxylation is 2. The van der Waals surface area contributed by atoms with E-state index in [9.17, 15) is 4.79 Å². The van der Waals surface area contributed by atoms with Crippen LogP contribution in [0.25, 0.3) is 0 Å². The SMILES string of the molecule is CC(=O)Nc1ccc(NCc2cc(C)sc2C)cc1. The van der Waals surface area contributed by atoms with Crippen LogP contribution in [0, 0.1) is 13.8 Å².